The second kappa shape index (κ2) is 16.5. The molecule has 31 nitrogen and oxygen atoms in total. The van der Waals surface area contributed by atoms with E-state index >= 15 is 0 Å². The molecule has 5 unspecified atom stereocenters. The lowest BCUT2D eigenvalue weighted by Gasteiger charge is -2.31. The Balaban J connectivity index is 0.867. The molecule has 0 saturated carbocycles. The van der Waals surface area contributed by atoms with E-state index in [0.717, 1.165) is 21.8 Å². The zero-order chi connectivity index (χ0) is 43.5. The maximum atomic E-state index is 12.6. The van der Waals surface area contributed by atoms with Gasteiger partial charge in [-0.1, -0.05) is 10.2 Å². The molecular formula is C26H35N14O17P3-2. The third-order valence-electron chi connectivity index (χ3n) is 9.08. The molecule has 0 amide bonds. The van der Waals surface area contributed by atoms with Crippen molar-refractivity contribution in [1.82, 2.24) is 54.1 Å². The first-order valence-corrected chi connectivity index (χ1v) is 21.9. The van der Waals surface area contributed by atoms with Gasteiger partial charge in [0.1, 0.15) is 44.2 Å². The molecule has 0 spiro atoms. The molecule has 7 heterocycles. The quantitative estimate of drug-likeness (QED) is 0.0328. The fourth-order valence-corrected chi connectivity index (χ4v) is 9.70. The van der Waals surface area contributed by atoms with E-state index in [9.17, 15) is 58.4 Å². The highest BCUT2D eigenvalue weighted by Crippen LogP contribution is 2.56. The second-order valence-corrected chi connectivity index (χ2v) is 18.3. The summed E-state index contributed by atoms with van der Waals surface area (Å²) < 4.78 is 67.3. The van der Waals surface area contributed by atoms with Crippen LogP contribution in [-0.2, 0) is 56.3 Å². The molecule has 5 aromatic heterocycles. The number of phosphoric acid groups is 1. The molecule has 2 saturated heterocycles. The third kappa shape index (κ3) is 9.11. The minimum atomic E-state index is -5.66. The molecule has 0 aliphatic carbocycles. The van der Waals surface area contributed by atoms with Gasteiger partial charge >= 0.3 is 5.65 Å². The van der Waals surface area contributed by atoms with Gasteiger partial charge in [-0.2, -0.15) is 4.98 Å². The molecule has 2 fully saturated rings. The van der Waals surface area contributed by atoms with E-state index in [1.54, 1.807) is 0 Å². The number of aliphatic hydroxyl groups excluding tert-OH is 4. The van der Waals surface area contributed by atoms with Crippen molar-refractivity contribution in [2.45, 2.75) is 61.8 Å². The number of nitrogens with one attached hydrogen (secondary N) is 3. The summed E-state index contributed by atoms with van der Waals surface area (Å²) in [5.41, 5.74) is 9.41. The first kappa shape index (κ1) is 43.7. The van der Waals surface area contributed by atoms with Crippen molar-refractivity contribution in [3.8, 4) is 0 Å². The van der Waals surface area contributed by atoms with Gasteiger partial charge in [-0.15, -0.1) is 5.10 Å². The number of hydrogen-bond acceptors (Lipinski definition) is 24. The number of nitrogens with two attached hydrogens (primary N) is 2. The number of nitrogen functional groups attached to an aromatic ring is 2. The van der Waals surface area contributed by atoms with Gasteiger partial charge in [-0.3, -0.25) is 51.9 Å². The van der Waals surface area contributed by atoms with Crippen LogP contribution >= 0.6 is 23.2 Å². The van der Waals surface area contributed by atoms with Crippen LogP contribution in [-0.4, -0.2) is 126 Å². The van der Waals surface area contributed by atoms with Crippen molar-refractivity contribution in [1.29, 1.82) is 0 Å². The summed E-state index contributed by atoms with van der Waals surface area (Å²) in [7, 11) is -14.3. The van der Waals surface area contributed by atoms with Crippen LogP contribution in [0.2, 0.25) is 0 Å². The zero-order valence-electron chi connectivity index (χ0n) is 30.5. The molecule has 7 rings (SSSR count). The van der Waals surface area contributed by atoms with E-state index in [1.165, 1.54) is 22.5 Å². The Morgan fingerprint density at radius 2 is 1.62 bits per heavy atom. The fourth-order valence-electron chi connectivity index (χ4n) is 6.38. The van der Waals surface area contributed by atoms with Crippen LogP contribution < -0.4 is 46.9 Å². The van der Waals surface area contributed by atoms with Gasteiger partial charge in [0.05, 0.1) is 45.0 Å². The van der Waals surface area contributed by atoms with Gasteiger partial charge in [0.2, 0.25) is 25.4 Å². The second-order valence-electron chi connectivity index (χ2n) is 13.4. The third-order valence-corrected chi connectivity index (χ3v) is 13.2. The minimum Gasteiger partial charge on any atom is -0.778 e. The van der Waals surface area contributed by atoms with E-state index in [0.29, 0.717) is 0 Å². The van der Waals surface area contributed by atoms with Crippen molar-refractivity contribution in [3.63, 3.8) is 0 Å². The largest absolute Gasteiger partial charge is 0.778 e. The molecule has 5 aromatic rings. The van der Waals surface area contributed by atoms with Crippen LogP contribution in [0, 0.1) is 0 Å². The number of phosphoric ester groups is 1. The number of ether oxygens (including phenoxy) is 2. The molecule has 0 bridgehead atoms. The van der Waals surface area contributed by atoms with E-state index in [2.05, 4.69) is 49.2 Å². The van der Waals surface area contributed by atoms with Crippen LogP contribution in [0.5, 0.6) is 0 Å². The van der Waals surface area contributed by atoms with E-state index in [-0.39, 0.29) is 53.0 Å². The molecule has 60 heavy (non-hydrogen) atoms. The Labute approximate surface area is 332 Å². The highest BCUT2D eigenvalue weighted by molar-refractivity contribution is 7.62. The Hall–Kier alpha value is -4.39. The number of anilines is 2. The highest BCUT2D eigenvalue weighted by Gasteiger charge is 2.48. The zero-order valence-corrected chi connectivity index (χ0v) is 33.2. The first-order chi connectivity index (χ1) is 28.1. The average Bonchev–Trinajstić information content (AvgIpc) is 3.95. The molecule has 0 aromatic carbocycles. The van der Waals surface area contributed by atoms with E-state index < -0.39 is 103 Å². The maximum Gasteiger partial charge on any atom is 0.313 e. The SMILES string of the molecule is Cn1c[n+]([C@@H]2O[C@H](COP(=O)([O-])NCCn3cc(CP(=O)([O-])OP(=O)([O-])OC[C@H]4O[C@@H](n5cnc6c(=O)[nH]c(N)nc65)[C@@H](O)C4O)nn3)C(O)[C@@H]2O)c2nc(N)[nH]c(=O)c21. The lowest BCUT2D eigenvalue weighted by Crippen LogP contribution is -2.46. The predicted octanol–water partition coefficient (Wildman–Crippen LogP) is -6.99. The number of hydrogen-bond donors (Lipinski definition) is 9. The number of aromatic nitrogens is 11. The Morgan fingerprint density at radius 1 is 0.950 bits per heavy atom. The number of fused-ring (bicyclic) bond motifs is 2. The summed E-state index contributed by atoms with van der Waals surface area (Å²) in [6, 6.07) is 0. The predicted molar refractivity (Wildman–Crippen MR) is 188 cm³/mol. The molecule has 328 valence electrons. The van der Waals surface area contributed by atoms with Gasteiger partial charge in [0, 0.05) is 12.7 Å². The smallest absolute Gasteiger partial charge is 0.313 e. The first-order valence-electron chi connectivity index (χ1n) is 17.2. The van der Waals surface area contributed by atoms with Crippen molar-refractivity contribution < 1.29 is 76.2 Å². The van der Waals surface area contributed by atoms with Crippen LogP contribution in [0.3, 0.4) is 0 Å². The van der Waals surface area contributed by atoms with E-state index in [4.69, 9.17) is 25.5 Å². The van der Waals surface area contributed by atoms with Crippen molar-refractivity contribution in [2.75, 3.05) is 31.2 Å². The highest BCUT2D eigenvalue weighted by atomic mass is 31.3. The van der Waals surface area contributed by atoms with Gasteiger partial charge in [-0.25, -0.2) is 9.55 Å². The van der Waals surface area contributed by atoms with Gasteiger partial charge in [0.15, 0.2) is 23.7 Å². The Bertz CT molecular complexity index is 2670. The van der Waals surface area contributed by atoms with Crippen LogP contribution in [0.25, 0.3) is 22.3 Å². The van der Waals surface area contributed by atoms with E-state index in [1.807, 2.05) is 0 Å². The van der Waals surface area contributed by atoms with Crippen LogP contribution in [0.1, 0.15) is 18.1 Å². The lowest BCUT2D eigenvalue weighted by molar-refractivity contribution is -0.745. The minimum absolute atomic E-state index is 0.0195. The Morgan fingerprint density at radius 3 is 2.37 bits per heavy atom. The fraction of sp³-hybridized carbons (Fsp3) is 0.538. The average molecular weight is 909 g/mol. The number of aliphatic hydroxyl groups is 4. The standard InChI is InChI=1S/C26H37N14O17P3/c1-37-9-40(20-14(37)22(46)34-26(28)32-20)24-18(44)15(41)11(56-24)5-53-59(49,50)30-2-3-38-4-10(35-36-38)7-58(47,48)57-60(51,52)54-6-12-16(42)17(43)23(55-12)39-8-29-13-19(39)31-25(27)33-21(13)45/h4,8-9,11-12,15-18,23-24,41-44H,2-3,5-7H2,1H3,(H9-,27,28,30,31,32,33,34,45,46,47,48,49,50,51,52)/p-2/t11-,12-,15?,16?,17+,18+,23-,24-/m1/s1. The molecule has 11 atom stereocenters. The molecule has 34 heteroatoms. The lowest BCUT2D eigenvalue weighted by atomic mass is 10.1. The molecular weight excluding hydrogens is 873 g/mol. The maximum absolute atomic E-state index is 12.6. The topological polar surface area (TPSA) is 460 Å². The summed E-state index contributed by atoms with van der Waals surface area (Å²) in [4.78, 5) is 78.5. The number of rotatable bonds is 16. The molecule has 11 N–H and O–H groups in total. The van der Waals surface area contributed by atoms with Crippen molar-refractivity contribution in [3.05, 3.63) is 45.3 Å². The number of aromatic amines is 2. The number of nitrogens with zero attached hydrogens (tertiary/aromatic N) is 9. The number of imidazole rings is 2. The van der Waals surface area contributed by atoms with Gasteiger partial charge in [-0.05, 0) is 0 Å². The van der Waals surface area contributed by atoms with Crippen LogP contribution in [0.4, 0.5) is 11.9 Å². The van der Waals surface area contributed by atoms with Crippen molar-refractivity contribution in [2.24, 2.45) is 7.05 Å². The molecule has 0 radical (unpaired) electrons. The van der Waals surface area contributed by atoms with Crippen LogP contribution in [0.15, 0.2) is 28.4 Å². The number of H-pyrrole nitrogens is 2. The molecule has 2 aliphatic heterocycles. The summed E-state index contributed by atoms with van der Waals surface area (Å²) in [6.45, 7) is -2.39. The molecule has 2 aliphatic rings. The summed E-state index contributed by atoms with van der Waals surface area (Å²) in [6.07, 6.45) is -10.0. The number of aryl methyl sites for hydroxylation is 1. The Kier molecular flexibility index (Phi) is 12.0. The monoisotopic (exact) mass is 908 g/mol. The van der Waals surface area contributed by atoms with Crippen molar-refractivity contribution >= 4 is 57.4 Å². The summed E-state index contributed by atoms with van der Waals surface area (Å²) >= 11 is 0. The summed E-state index contributed by atoms with van der Waals surface area (Å²) in [5.74, 6) is -0.512. The van der Waals surface area contributed by atoms with Gasteiger partial charge in [0.25, 0.3) is 24.9 Å². The summed E-state index contributed by atoms with van der Waals surface area (Å²) in [5, 5.41) is 51.6. The van der Waals surface area contributed by atoms with Gasteiger partial charge < -0.3 is 69.7 Å². The normalized spacial score (nSPS) is 27.7.